The number of amides is 1. The Kier molecular flexibility index (Phi) is 7.40. The summed E-state index contributed by atoms with van der Waals surface area (Å²) in [5.41, 5.74) is 0.857. The Hall–Kier alpha value is -2.68. The fourth-order valence-corrected chi connectivity index (χ4v) is 3.41. The van der Waals surface area contributed by atoms with Crippen molar-refractivity contribution in [2.75, 3.05) is 46.8 Å². The zero-order valence-corrected chi connectivity index (χ0v) is 17.6. The largest absolute Gasteiger partial charge is 0.357 e. The van der Waals surface area contributed by atoms with Gasteiger partial charge in [-0.05, 0) is 31.9 Å². The molecule has 2 aromatic heterocycles. The Morgan fingerprint density at radius 2 is 2.07 bits per heavy atom. The summed E-state index contributed by atoms with van der Waals surface area (Å²) in [5.74, 6) is 1.91. The molecule has 0 spiro atoms. The standard InChI is InChI=1S/C20H32N8O/c1-4-21-20(22-11-8-18-25-24-17-7-5-6-12-28(17)18)23-16-9-13-27(14-10-16)15-19(29)26(2)3/h5-7,12,16H,4,8-11,13-15H2,1-3H3,(H2,21,22,23). The molecule has 0 saturated carbocycles. The highest BCUT2D eigenvalue weighted by molar-refractivity contribution is 5.80. The molecule has 9 heteroatoms. The number of pyridine rings is 1. The van der Waals surface area contributed by atoms with Gasteiger partial charge in [0.25, 0.3) is 0 Å². The molecule has 0 aliphatic carbocycles. The van der Waals surface area contributed by atoms with Crippen molar-refractivity contribution in [3.8, 4) is 0 Å². The summed E-state index contributed by atoms with van der Waals surface area (Å²) in [6, 6.07) is 6.25. The molecule has 3 rings (SSSR count). The number of aromatic nitrogens is 3. The Labute approximate surface area is 172 Å². The molecule has 2 N–H and O–H groups in total. The smallest absolute Gasteiger partial charge is 0.236 e. The van der Waals surface area contributed by atoms with Gasteiger partial charge in [-0.1, -0.05) is 6.07 Å². The van der Waals surface area contributed by atoms with Crippen molar-refractivity contribution >= 4 is 17.5 Å². The van der Waals surface area contributed by atoms with E-state index in [-0.39, 0.29) is 5.91 Å². The van der Waals surface area contributed by atoms with Crippen LogP contribution in [0.3, 0.4) is 0 Å². The van der Waals surface area contributed by atoms with Crippen molar-refractivity contribution in [2.45, 2.75) is 32.2 Å². The van der Waals surface area contributed by atoms with Crippen LogP contribution in [0, 0.1) is 0 Å². The molecule has 9 nitrogen and oxygen atoms in total. The lowest BCUT2D eigenvalue weighted by molar-refractivity contribution is -0.130. The third kappa shape index (κ3) is 5.90. The monoisotopic (exact) mass is 400 g/mol. The lowest BCUT2D eigenvalue weighted by atomic mass is 10.1. The van der Waals surface area contributed by atoms with E-state index < -0.39 is 0 Å². The maximum Gasteiger partial charge on any atom is 0.236 e. The molecule has 0 bridgehead atoms. The fraction of sp³-hybridized carbons (Fsp3) is 0.600. The number of fused-ring (bicyclic) bond motifs is 1. The number of carbonyl (C=O) groups is 1. The Balaban J connectivity index is 1.49. The van der Waals surface area contributed by atoms with Crippen LogP contribution in [0.25, 0.3) is 5.65 Å². The van der Waals surface area contributed by atoms with E-state index >= 15 is 0 Å². The minimum atomic E-state index is 0.160. The molecule has 1 fully saturated rings. The molecule has 0 aromatic carbocycles. The molecular weight excluding hydrogens is 368 g/mol. The van der Waals surface area contributed by atoms with Gasteiger partial charge in [0.15, 0.2) is 11.6 Å². The fourth-order valence-electron chi connectivity index (χ4n) is 3.41. The zero-order chi connectivity index (χ0) is 20.6. The van der Waals surface area contributed by atoms with Crippen molar-refractivity contribution in [1.82, 2.24) is 35.0 Å². The summed E-state index contributed by atoms with van der Waals surface area (Å²) in [6.45, 7) is 5.86. The predicted molar refractivity (Wildman–Crippen MR) is 114 cm³/mol. The second kappa shape index (κ2) is 10.2. The van der Waals surface area contributed by atoms with Crippen LogP contribution in [-0.4, -0.2) is 89.1 Å². The van der Waals surface area contributed by atoms with Crippen LogP contribution < -0.4 is 10.6 Å². The Morgan fingerprint density at radius 3 is 2.79 bits per heavy atom. The summed E-state index contributed by atoms with van der Waals surface area (Å²) < 4.78 is 2.00. The summed E-state index contributed by atoms with van der Waals surface area (Å²) in [5, 5.41) is 15.3. The van der Waals surface area contributed by atoms with E-state index in [1.54, 1.807) is 19.0 Å². The molecule has 1 saturated heterocycles. The molecule has 0 radical (unpaired) electrons. The predicted octanol–water partition coefficient (Wildman–Crippen LogP) is 0.380. The molecule has 3 heterocycles. The molecule has 2 aromatic rings. The third-order valence-corrected chi connectivity index (χ3v) is 5.12. The molecule has 0 unspecified atom stereocenters. The number of hydrogen-bond donors (Lipinski definition) is 2. The van der Waals surface area contributed by atoms with Crippen LogP contribution in [0.4, 0.5) is 0 Å². The first-order valence-corrected chi connectivity index (χ1v) is 10.3. The summed E-state index contributed by atoms with van der Waals surface area (Å²) in [7, 11) is 3.61. The number of aliphatic imine (C=N–C) groups is 1. The lowest BCUT2D eigenvalue weighted by Gasteiger charge is -2.33. The second-order valence-electron chi connectivity index (χ2n) is 7.54. The number of nitrogens with one attached hydrogen (secondary N) is 2. The van der Waals surface area contributed by atoms with Gasteiger partial charge < -0.3 is 15.5 Å². The quantitative estimate of drug-likeness (QED) is 0.516. The van der Waals surface area contributed by atoms with Crippen molar-refractivity contribution in [3.63, 3.8) is 0 Å². The first kappa shape index (κ1) is 21.0. The molecular formula is C20H32N8O. The highest BCUT2D eigenvalue weighted by Gasteiger charge is 2.22. The molecule has 1 aliphatic heterocycles. The Bertz CT molecular complexity index is 823. The van der Waals surface area contributed by atoms with Crippen LogP contribution in [0.5, 0.6) is 0 Å². The van der Waals surface area contributed by atoms with E-state index in [0.717, 1.165) is 56.3 Å². The minimum Gasteiger partial charge on any atom is -0.357 e. The summed E-state index contributed by atoms with van der Waals surface area (Å²) in [6.07, 6.45) is 4.71. The van der Waals surface area contributed by atoms with Gasteiger partial charge in [-0.3, -0.25) is 19.1 Å². The number of likely N-dealkylation sites (N-methyl/N-ethyl adjacent to an activating group) is 1. The van der Waals surface area contributed by atoms with Gasteiger partial charge in [0.1, 0.15) is 5.82 Å². The van der Waals surface area contributed by atoms with E-state index in [2.05, 4.69) is 32.7 Å². The maximum atomic E-state index is 11.9. The van der Waals surface area contributed by atoms with Gasteiger partial charge in [-0.2, -0.15) is 0 Å². The number of nitrogens with zero attached hydrogens (tertiary/aromatic N) is 6. The van der Waals surface area contributed by atoms with Gasteiger partial charge in [0.05, 0.1) is 6.54 Å². The van der Waals surface area contributed by atoms with Gasteiger partial charge in [-0.15, -0.1) is 10.2 Å². The van der Waals surface area contributed by atoms with Gasteiger partial charge in [0, 0.05) is 58.9 Å². The van der Waals surface area contributed by atoms with Crippen molar-refractivity contribution in [2.24, 2.45) is 4.99 Å². The topological polar surface area (TPSA) is 90.2 Å². The number of carbonyl (C=O) groups excluding carboxylic acids is 1. The molecule has 1 aliphatic rings. The minimum absolute atomic E-state index is 0.160. The highest BCUT2D eigenvalue weighted by atomic mass is 16.2. The maximum absolute atomic E-state index is 11.9. The lowest BCUT2D eigenvalue weighted by Crippen LogP contribution is -2.50. The first-order chi connectivity index (χ1) is 14.1. The molecule has 29 heavy (non-hydrogen) atoms. The van der Waals surface area contributed by atoms with Gasteiger partial charge in [-0.25, -0.2) is 0 Å². The van der Waals surface area contributed by atoms with E-state index in [0.29, 0.717) is 19.1 Å². The number of piperidine rings is 1. The Morgan fingerprint density at radius 1 is 1.28 bits per heavy atom. The van der Waals surface area contributed by atoms with Crippen LogP contribution >= 0.6 is 0 Å². The number of likely N-dealkylation sites (tertiary alicyclic amines) is 1. The van der Waals surface area contributed by atoms with Crippen molar-refractivity contribution < 1.29 is 4.79 Å². The average molecular weight is 401 g/mol. The third-order valence-electron chi connectivity index (χ3n) is 5.12. The number of rotatable bonds is 7. The first-order valence-electron chi connectivity index (χ1n) is 10.3. The summed E-state index contributed by atoms with van der Waals surface area (Å²) >= 11 is 0. The molecule has 158 valence electrons. The second-order valence-corrected chi connectivity index (χ2v) is 7.54. The highest BCUT2D eigenvalue weighted by Crippen LogP contribution is 2.10. The molecule has 1 amide bonds. The average Bonchev–Trinajstić information content (AvgIpc) is 3.13. The normalized spacial score (nSPS) is 16.2. The zero-order valence-electron chi connectivity index (χ0n) is 17.6. The van der Waals surface area contributed by atoms with E-state index in [9.17, 15) is 4.79 Å². The van der Waals surface area contributed by atoms with Crippen LogP contribution in [-0.2, 0) is 11.2 Å². The van der Waals surface area contributed by atoms with Crippen LogP contribution in [0.15, 0.2) is 29.4 Å². The SMILES string of the molecule is CCNC(=NCCc1nnc2ccccn12)NC1CCN(CC(=O)N(C)C)CC1. The summed E-state index contributed by atoms with van der Waals surface area (Å²) in [4.78, 5) is 20.5. The number of hydrogen-bond acceptors (Lipinski definition) is 5. The van der Waals surface area contributed by atoms with E-state index in [1.807, 2.05) is 28.8 Å². The molecule has 0 atom stereocenters. The van der Waals surface area contributed by atoms with Crippen molar-refractivity contribution in [3.05, 3.63) is 30.2 Å². The van der Waals surface area contributed by atoms with Crippen LogP contribution in [0.1, 0.15) is 25.6 Å². The van der Waals surface area contributed by atoms with Crippen molar-refractivity contribution in [1.29, 1.82) is 0 Å². The van der Waals surface area contributed by atoms with E-state index in [4.69, 9.17) is 4.99 Å². The van der Waals surface area contributed by atoms with Gasteiger partial charge >= 0.3 is 0 Å². The number of guanidine groups is 1. The van der Waals surface area contributed by atoms with Crippen LogP contribution in [0.2, 0.25) is 0 Å². The van der Waals surface area contributed by atoms with Gasteiger partial charge in [0.2, 0.25) is 5.91 Å². The van der Waals surface area contributed by atoms with E-state index in [1.165, 1.54) is 0 Å².